The van der Waals surface area contributed by atoms with Crippen LogP contribution in [0.5, 0.6) is 0 Å². The largest absolute Gasteiger partial charge is 0.478 e. The van der Waals surface area contributed by atoms with Gasteiger partial charge in [0.05, 0.1) is 5.56 Å². The summed E-state index contributed by atoms with van der Waals surface area (Å²) < 4.78 is 14.1. The zero-order chi connectivity index (χ0) is 18.0. The number of carboxylic acid groups (broad SMARTS) is 1. The van der Waals surface area contributed by atoms with E-state index in [2.05, 4.69) is 9.97 Å². The van der Waals surface area contributed by atoms with Gasteiger partial charge in [-0.15, -0.1) is 0 Å². The number of rotatable bonds is 4. The fraction of sp³-hybridized carbons (Fsp3) is 0.105. The molecule has 25 heavy (non-hydrogen) atoms. The SMILES string of the molecule is CCc1nccc(-c2ccc(C(=O)O)c(F)c2)c1-c1ccc(N)nc1. The molecule has 0 aliphatic carbocycles. The number of benzene rings is 1. The van der Waals surface area contributed by atoms with E-state index in [-0.39, 0.29) is 5.56 Å². The van der Waals surface area contributed by atoms with Gasteiger partial charge in [-0.05, 0) is 47.9 Å². The zero-order valence-electron chi connectivity index (χ0n) is 13.5. The van der Waals surface area contributed by atoms with E-state index < -0.39 is 11.8 Å². The van der Waals surface area contributed by atoms with Crippen molar-refractivity contribution in [3.05, 3.63) is 65.9 Å². The number of carbonyl (C=O) groups is 1. The van der Waals surface area contributed by atoms with E-state index >= 15 is 0 Å². The highest BCUT2D eigenvalue weighted by Crippen LogP contribution is 2.34. The Kier molecular flexibility index (Phi) is 4.43. The molecule has 5 nitrogen and oxygen atoms in total. The molecule has 0 amide bonds. The van der Waals surface area contributed by atoms with Crippen molar-refractivity contribution >= 4 is 11.8 Å². The average molecular weight is 337 g/mol. The van der Waals surface area contributed by atoms with Crippen LogP contribution in [0, 0.1) is 5.82 Å². The van der Waals surface area contributed by atoms with Gasteiger partial charge in [0.2, 0.25) is 0 Å². The molecule has 0 unspecified atom stereocenters. The second-order valence-corrected chi connectivity index (χ2v) is 5.51. The number of nitrogen functional groups attached to an aromatic ring is 1. The van der Waals surface area contributed by atoms with E-state index in [9.17, 15) is 9.18 Å². The minimum atomic E-state index is -1.30. The summed E-state index contributed by atoms with van der Waals surface area (Å²) in [5.41, 5.74) is 9.12. The Morgan fingerprint density at radius 3 is 2.52 bits per heavy atom. The monoisotopic (exact) mass is 337 g/mol. The van der Waals surface area contributed by atoms with Gasteiger partial charge in [0, 0.05) is 29.2 Å². The van der Waals surface area contributed by atoms with Crippen LogP contribution in [0.2, 0.25) is 0 Å². The average Bonchev–Trinajstić information content (AvgIpc) is 2.61. The lowest BCUT2D eigenvalue weighted by Crippen LogP contribution is -2.01. The van der Waals surface area contributed by atoms with Crippen LogP contribution in [-0.4, -0.2) is 21.0 Å². The number of aromatic carboxylic acids is 1. The summed E-state index contributed by atoms with van der Waals surface area (Å²) >= 11 is 0. The smallest absolute Gasteiger partial charge is 0.338 e. The third-order valence-electron chi connectivity index (χ3n) is 3.95. The number of nitrogens with zero attached hydrogens (tertiary/aromatic N) is 2. The Morgan fingerprint density at radius 2 is 1.92 bits per heavy atom. The molecule has 1 aromatic carbocycles. The molecule has 0 fully saturated rings. The molecule has 6 heteroatoms. The Bertz CT molecular complexity index is 940. The number of nitrogens with two attached hydrogens (primary N) is 1. The molecule has 0 saturated carbocycles. The van der Waals surface area contributed by atoms with Crippen molar-refractivity contribution in [3.63, 3.8) is 0 Å². The van der Waals surface area contributed by atoms with Crippen LogP contribution in [0.1, 0.15) is 23.0 Å². The van der Waals surface area contributed by atoms with E-state index in [0.29, 0.717) is 17.8 Å². The van der Waals surface area contributed by atoms with Gasteiger partial charge in [0.15, 0.2) is 0 Å². The lowest BCUT2D eigenvalue weighted by Gasteiger charge is -2.14. The van der Waals surface area contributed by atoms with Crippen molar-refractivity contribution in [2.75, 3.05) is 5.73 Å². The third kappa shape index (κ3) is 3.19. The quantitative estimate of drug-likeness (QED) is 0.756. The molecule has 3 aromatic rings. The number of hydrogen-bond acceptors (Lipinski definition) is 4. The Hall–Kier alpha value is -3.28. The number of aryl methyl sites for hydroxylation is 1. The van der Waals surface area contributed by atoms with Gasteiger partial charge in [0.25, 0.3) is 0 Å². The second-order valence-electron chi connectivity index (χ2n) is 5.51. The summed E-state index contributed by atoms with van der Waals surface area (Å²) in [6, 6.07) is 9.40. The first-order chi connectivity index (χ1) is 12.0. The van der Waals surface area contributed by atoms with E-state index in [1.807, 2.05) is 13.0 Å². The molecular weight excluding hydrogens is 321 g/mol. The molecule has 0 radical (unpaired) electrons. The van der Waals surface area contributed by atoms with E-state index in [1.54, 1.807) is 30.6 Å². The summed E-state index contributed by atoms with van der Waals surface area (Å²) in [6.45, 7) is 1.98. The van der Waals surface area contributed by atoms with Crippen LogP contribution < -0.4 is 5.73 Å². The fourth-order valence-electron chi connectivity index (χ4n) is 2.75. The molecule has 3 N–H and O–H groups in total. The van der Waals surface area contributed by atoms with Gasteiger partial charge < -0.3 is 10.8 Å². The summed E-state index contributed by atoms with van der Waals surface area (Å²) in [6.07, 6.45) is 3.99. The van der Waals surface area contributed by atoms with Gasteiger partial charge in [0.1, 0.15) is 11.6 Å². The minimum absolute atomic E-state index is 0.357. The van der Waals surface area contributed by atoms with Crippen molar-refractivity contribution in [2.45, 2.75) is 13.3 Å². The molecular formula is C19H16FN3O2. The molecule has 0 saturated heterocycles. The highest BCUT2D eigenvalue weighted by Gasteiger charge is 2.16. The van der Waals surface area contributed by atoms with Crippen LogP contribution >= 0.6 is 0 Å². The molecule has 2 heterocycles. The van der Waals surface area contributed by atoms with E-state index in [0.717, 1.165) is 22.4 Å². The predicted octanol–water partition coefficient (Wildman–Crippen LogP) is 3.79. The number of hydrogen-bond donors (Lipinski definition) is 2. The maximum atomic E-state index is 14.1. The second kappa shape index (κ2) is 6.68. The van der Waals surface area contributed by atoms with Crippen molar-refractivity contribution in [2.24, 2.45) is 0 Å². The van der Waals surface area contributed by atoms with Gasteiger partial charge >= 0.3 is 5.97 Å². The highest BCUT2D eigenvalue weighted by molar-refractivity contribution is 5.90. The van der Waals surface area contributed by atoms with Crippen LogP contribution in [0.25, 0.3) is 22.3 Å². The molecule has 3 rings (SSSR count). The number of pyridine rings is 2. The number of aromatic nitrogens is 2. The highest BCUT2D eigenvalue weighted by atomic mass is 19.1. The van der Waals surface area contributed by atoms with Crippen molar-refractivity contribution in [1.29, 1.82) is 0 Å². The van der Waals surface area contributed by atoms with Crippen LogP contribution in [0.3, 0.4) is 0 Å². The number of anilines is 1. The van der Waals surface area contributed by atoms with Crippen molar-refractivity contribution in [3.8, 4) is 22.3 Å². The van der Waals surface area contributed by atoms with Crippen LogP contribution in [-0.2, 0) is 6.42 Å². The molecule has 2 aromatic heterocycles. The minimum Gasteiger partial charge on any atom is -0.478 e. The van der Waals surface area contributed by atoms with Crippen LogP contribution in [0.15, 0.2) is 48.8 Å². The Morgan fingerprint density at radius 1 is 1.16 bits per heavy atom. The maximum absolute atomic E-state index is 14.1. The Labute approximate surface area is 144 Å². The lowest BCUT2D eigenvalue weighted by molar-refractivity contribution is 0.0692. The number of carboxylic acids is 1. The van der Waals surface area contributed by atoms with E-state index in [1.165, 1.54) is 12.1 Å². The first-order valence-corrected chi connectivity index (χ1v) is 7.74. The van der Waals surface area contributed by atoms with Crippen molar-refractivity contribution < 1.29 is 14.3 Å². The van der Waals surface area contributed by atoms with Gasteiger partial charge in [-0.1, -0.05) is 13.0 Å². The predicted molar refractivity (Wildman–Crippen MR) is 93.6 cm³/mol. The molecule has 0 atom stereocenters. The molecule has 0 aliphatic rings. The first kappa shape index (κ1) is 16.6. The zero-order valence-corrected chi connectivity index (χ0v) is 13.5. The summed E-state index contributed by atoms with van der Waals surface area (Å²) in [5, 5.41) is 9.00. The number of halogens is 1. The standard InChI is InChI=1S/C19H16FN3O2/c1-2-16-18(12-4-6-17(21)23-10-12)13(7-8-22-16)11-3-5-14(19(24)25)15(20)9-11/h3-10H,2H2,1H3,(H2,21,23)(H,24,25). The molecule has 0 bridgehead atoms. The van der Waals surface area contributed by atoms with Crippen molar-refractivity contribution in [1.82, 2.24) is 9.97 Å². The third-order valence-corrected chi connectivity index (χ3v) is 3.95. The van der Waals surface area contributed by atoms with Gasteiger partial charge in [-0.3, -0.25) is 4.98 Å². The normalized spacial score (nSPS) is 10.6. The first-order valence-electron chi connectivity index (χ1n) is 7.74. The fourth-order valence-corrected chi connectivity index (χ4v) is 2.75. The summed E-state index contributed by atoms with van der Waals surface area (Å²) in [5.74, 6) is -1.67. The van der Waals surface area contributed by atoms with Crippen LogP contribution in [0.4, 0.5) is 10.2 Å². The topological polar surface area (TPSA) is 89.1 Å². The van der Waals surface area contributed by atoms with Gasteiger partial charge in [-0.25, -0.2) is 14.2 Å². The van der Waals surface area contributed by atoms with Gasteiger partial charge in [-0.2, -0.15) is 0 Å². The lowest BCUT2D eigenvalue weighted by atomic mass is 9.93. The summed E-state index contributed by atoms with van der Waals surface area (Å²) in [4.78, 5) is 19.5. The molecule has 0 aliphatic heterocycles. The maximum Gasteiger partial charge on any atom is 0.338 e. The van der Waals surface area contributed by atoms with E-state index in [4.69, 9.17) is 10.8 Å². The molecule has 126 valence electrons. The summed E-state index contributed by atoms with van der Waals surface area (Å²) in [7, 11) is 0. The Balaban J connectivity index is 2.21. The molecule has 0 spiro atoms.